The van der Waals surface area contributed by atoms with Gasteiger partial charge in [-0.15, -0.1) is 0 Å². The second-order valence-corrected chi connectivity index (χ2v) is 7.39. The molecule has 0 radical (unpaired) electrons. The van der Waals surface area contributed by atoms with Crippen LogP contribution >= 0.6 is 0 Å². The average molecular weight is 397 g/mol. The van der Waals surface area contributed by atoms with Gasteiger partial charge in [-0.1, -0.05) is 72.8 Å². The lowest BCUT2D eigenvalue weighted by Gasteiger charge is -2.48. The Kier molecular flexibility index (Phi) is 5.43. The Labute approximate surface area is 168 Å². The molecule has 0 saturated carbocycles. The number of halogens is 3. The van der Waals surface area contributed by atoms with Crippen LogP contribution in [-0.4, -0.2) is 22.6 Å². The maximum Gasteiger partial charge on any atom is 0.416 e. The van der Waals surface area contributed by atoms with E-state index in [0.29, 0.717) is 5.56 Å². The monoisotopic (exact) mass is 397 g/mol. The number of aliphatic hydroxyl groups is 1. The van der Waals surface area contributed by atoms with E-state index in [9.17, 15) is 18.3 Å². The van der Waals surface area contributed by atoms with Crippen LogP contribution in [0.5, 0.6) is 0 Å². The van der Waals surface area contributed by atoms with E-state index in [1.165, 1.54) is 6.07 Å². The molecule has 3 aromatic carbocycles. The van der Waals surface area contributed by atoms with Crippen LogP contribution in [0.15, 0.2) is 84.9 Å². The van der Waals surface area contributed by atoms with Gasteiger partial charge in [0.25, 0.3) is 0 Å². The normalized spacial score (nSPS) is 18.4. The minimum absolute atomic E-state index is 0.0587. The summed E-state index contributed by atoms with van der Waals surface area (Å²) < 4.78 is 39.3. The molecule has 1 heterocycles. The van der Waals surface area contributed by atoms with Gasteiger partial charge in [-0.05, 0) is 35.2 Å². The van der Waals surface area contributed by atoms with Crippen molar-refractivity contribution in [2.75, 3.05) is 6.54 Å². The van der Waals surface area contributed by atoms with Crippen LogP contribution in [0.3, 0.4) is 0 Å². The Bertz CT molecular complexity index is 904. The van der Waals surface area contributed by atoms with Gasteiger partial charge in [0.15, 0.2) is 0 Å². The molecule has 0 aromatic heterocycles. The summed E-state index contributed by atoms with van der Waals surface area (Å²) in [5, 5.41) is 10.9. The molecule has 2 atom stereocenters. The smallest absolute Gasteiger partial charge is 0.387 e. The van der Waals surface area contributed by atoms with E-state index in [2.05, 4.69) is 4.90 Å². The maximum atomic E-state index is 13.1. The quantitative estimate of drug-likeness (QED) is 0.606. The Morgan fingerprint density at radius 2 is 1.34 bits per heavy atom. The van der Waals surface area contributed by atoms with Crippen molar-refractivity contribution in [2.45, 2.75) is 30.8 Å². The third kappa shape index (κ3) is 4.07. The molecule has 0 spiro atoms. The molecule has 1 N–H and O–H groups in total. The van der Waals surface area contributed by atoms with Crippen LogP contribution in [0.25, 0.3) is 0 Å². The topological polar surface area (TPSA) is 23.5 Å². The molecule has 3 aromatic rings. The van der Waals surface area contributed by atoms with E-state index in [4.69, 9.17) is 0 Å². The first kappa shape index (κ1) is 19.7. The van der Waals surface area contributed by atoms with Crippen molar-refractivity contribution in [3.8, 4) is 0 Å². The highest BCUT2D eigenvalue weighted by molar-refractivity contribution is 5.34. The van der Waals surface area contributed by atoms with Gasteiger partial charge in [0.1, 0.15) is 0 Å². The van der Waals surface area contributed by atoms with Crippen LogP contribution < -0.4 is 0 Å². The zero-order valence-electron chi connectivity index (χ0n) is 15.8. The van der Waals surface area contributed by atoms with Gasteiger partial charge in [-0.2, -0.15) is 13.2 Å². The van der Waals surface area contributed by atoms with E-state index in [-0.39, 0.29) is 12.1 Å². The van der Waals surface area contributed by atoms with Gasteiger partial charge in [0.2, 0.25) is 0 Å². The lowest BCUT2D eigenvalue weighted by Crippen LogP contribution is -2.52. The van der Waals surface area contributed by atoms with E-state index in [1.807, 2.05) is 60.7 Å². The third-order valence-corrected chi connectivity index (χ3v) is 5.59. The molecule has 4 rings (SSSR count). The van der Waals surface area contributed by atoms with Gasteiger partial charge in [0, 0.05) is 12.6 Å². The van der Waals surface area contributed by atoms with Crippen molar-refractivity contribution in [3.63, 3.8) is 0 Å². The summed E-state index contributed by atoms with van der Waals surface area (Å²) in [5.74, 6) is 0. The molecule has 0 bridgehead atoms. The first-order valence-corrected chi connectivity index (χ1v) is 9.66. The Hall–Kier alpha value is -2.63. The molecule has 1 aliphatic rings. The van der Waals surface area contributed by atoms with Crippen molar-refractivity contribution in [2.24, 2.45) is 0 Å². The number of hydrogen-bond acceptors (Lipinski definition) is 2. The summed E-state index contributed by atoms with van der Waals surface area (Å²) in [6.45, 7) is 0.773. The zero-order chi connectivity index (χ0) is 20.4. The molecule has 0 aliphatic carbocycles. The van der Waals surface area contributed by atoms with Crippen LogP contribution in [0.4, 0.5) is 13.2 Å². The van der Waals surface area contributed by atoms with Gasteiger partial charge in [-0.3, -0.25) is 4.90 Å². The first-order valence-electron chi connectivity index (χ1n) is 9.66. The van der Waals surface area contributed by atoms with Crippen LogP contribution in [0.2, 0.25) is 0 Å². The van der Waals surface area contributed by atoms with Crippen molar-refractivity contribution >= 4 is 0 Å². The molecule has 1 saturated heterocycles. The molecule has 1 aliphatic heterocycles. The summed E-state index contributed by atoms with van der Waals surface area (Å²) >= 11 is 0. The summed E-state index contributed by atoms with van der Waals surface area (Å²) in [4.78, 5) is 2.18. The standard InChI is InChI=1S/C24H22F3NO/c25-24(26,27)20-13-7-12-19(16-20)23(29)21-14-15-28(21)22(17-8-3-1-4-9-17)18-10-5-2-6-11-18/h1-13,16,21-23,29H,14-15H2. The lowest BCUT2D eigenvalue weighted by atomic mass is 9.86. The molecule has 2 nitrogen and oxygen atoms in total. The van der Waals surface area contributed by atoms with Crippen molar-refractivity contribution in [3.05, 3.63) is 107 Å². The summed E-state index contributed by atoms with van der Waals surface area (Å²) in [6, 6.07) is 24.7. The number of rotatable bonds is 5. The maximum absolute atomic E-state index is 13.1. The second kappa shape index (κ2) is 8.01. The fourth-order valence-corrected chi connectivity index (χ4v) is 4.05. The fraction of sp³-hybridized carbons (Fsp3) is 0.250. The number of likely N-dealkylation sites (tertiary alicyclic amines) is 1. The SMILES string of the molecule is OC(c1cccc(C(F)(F)F)c1)C1CCN1C(c1ccccc1)c1ccccc1. The van der Waals surface area contributed by atoms with Crippen LogP contribution in [0, 0.1) is 0 Å². The number of alkyl halides is 3. The first-order chi connectivity index (χ1) is 13.9. The van der Waals surface area contributed by atoms with Crippen molar-refractivity contribution < 1.29 is 18.3 Å². The lowest BCUT2D eigenvalue weighted by molar-refractivity contribution is -0.137. The number of nitrogens with zero attached hydrogens (tertiary/aromatic N) is 1. The number of benzene rings is 3. The average Bonchev–Trinajstić information content (AvgIpc) is 2.72. The predicted octanol–water partition coefficient (Wildman–Crippen LogP) is 5.60. The van der Waals surface area contributed by atoms with Gasteiger partial charge >= 0.3 is 6.18 Å². The van der Waals surface area contributed by atoms with Gasteiger partial charge in [-0.25, -0.2) is 0 Å². The van der Waals surface area contributed by atoms with Crippen LogP contribution in [0.1, 0.15) is 40.8 Å². The minimum Gasteiger partial charge on any atom is -0.387 e. The van der Waals surface area contributed by atoms with Gasteiger partial charge < -0.3 is 5.11 Å². The second-order valence-electron chi connectivity index (χ2n) is 7.39. The molecule has 29 heavy (non-hydrogen) atoms. The summed E-state index contributed by atoms with van der Waals surface area (Å²) in [6.07, 6.45) is -4.68. The summed E-state index contributed by atoms with van der Waals surface area (Å²) in [7, 11) is 0. The molecule has 2 unspecified atom stereocenters. The zero-order valence-corrected chi connectivity index (χ0v) is 15.8. The largest absolute Gasteiger partial charge is 0.416 e. The Balaban J connectivity index is 1.65. The number of hydrogen-bond donors (Lipinski definition) is 1. The highest BCUT2D eigenvalue weighted by Gasteiger charge is 2.40. The minimum atomic E-state index is -4.42. The molecule has 5 heteroatoms. The highest BCUT2D eigenvalue weighted by atomic mass is 19.4. The molecule has 1 fully saturated rings. The van der Waals surface area contributed by atoms with E-state index >= 15 is 0 Å². The van der Waals surface area contributed by atoms with E-state index < -0.39 is 17.8 Å². The van der Waals surface area contributed by atoms with Crippen molar-refractivity contribution in [1.82, 2.24) is 4.90 Å². The molecule has 150 valence electrons. The molecular formula is C24H22F3NO. The Morgan fingerprint density at radius 3 is 1.83 bits per heavy atom. The fourth-order valence-electron chi connectivity index (χ4n) is 4.05. The van der Waals surface area contributed by atoms with Gasteiger partial charge in [0.05, 0.1) is 17.7 Å². The number of aliphatic hydroxyl groups excluding tert-OH is 1. The summed E-state index contributed by atoms with van der Waals surface area (Å²) in [5.41, 5.74) is 1.76. The third-order valence-electron chi connectivity index (χ3n) is 5.59. The predicted molar refractivity (Wildman–Crippen MR) is 106 cm³/mol. The van der Waals surface area contributed by atoms with E-state index in [0.717, 1.165) is 36.2 Å². The van der Waals surface area contributed by atoms with Crippen LogP contribution in [-0.2, 0) is 6.18 Å². The van der Waals surface area contributed by atoms with Crippen molar-refractivity contribution in [1.29, 1.82) is 0 Å². The Morgan fingerprint density at radius 1 is 0.793 bits per heavy atom. The molecule has 0 amide bonds. The van der Waals surface area contributed by atoms with E-state index in [1.54, 1.807) is 6.07 Å². The highest BCUT2D eigenvalue weighted by Crippen LogP contribution is 2.41. The molecular weight excluding hydrogens is 375 g/mol.